The Morgan fingerprint density at radius 1 is 1.19 bits per heavy atom. The number of nitrogens with one attached hydrogen (secondary N) is 3. The van der Waals surface area contributed by atoms with Gasteiger partial charge < -0.3 is 15.6 Å². The molecule has 0 radical (unpaired) electrons. The highest BCUT2D eigenvalue weighted by Gasteiger charge is 2.13. The van der Waals surface area contributed by atoms with Gasteiger partial charge in [-0.1, -0.05) is 29.3 Å². The molecule has 2 amide bonds. The van der Waals surface area contributed by atoms with Gasteiger partial charge in [0.1, 0.15) is 5.69 Å². The molecule has 0 aliphatic rings. The quantitative estimate of drug-likeness (QED) is 0.544. The van der Waals surface area contributed by atoms with Crippen LogP contribution >= 0.6 is 34.5 Å². The molecule has 0 saturated heterocycles. The number of hydrogen-bond acceptors (Lipinski definition) is 4. The maximum Gasteiger partial charge on any atom is 0.253 e. The van der Waals surface area contributed by atoms with Crippen molar-refractivity contribution in [1.29, 1.82) is 0 Å². The number of amides is 2. The first-order valence-electron chi connectivity index (χ1n) is 8.10. The van der Waals surface area contributed by atoms with E-state index in [1.54, 1.807) is 23.7 Å². The second kappa shape index (κ2) is 9.03. The van der Waals surface area contributed by atoms with E-state index >= 15 is 0 Å². The molecule has 0 saturated carbocycles. The number of carbonyl (C=O) groups excluding carboxylic acids is 2. The van der Waals surface area contributed by atoms with E-state index in [1.807, 2.05) is 17.5 Å². The van der Waals surface area contributed by atoms with Gasteiger partial charge in [-0.2, -0.15) is 0 Å². The maximum atomic E-state index is 12.1. The number of nitrogens with zero attached hydrogens (tertiary/aromatic N) is 1. The first-order chi connectivity index (χ1) is 13.0. The Kier molecular flexibility index (Phi) is 6.49. The summed E-state index contributed by atoms with van der Waals surface area (Å²) in [6.07, 6.45) is 2.25. The van der Waals surface area contributed by atoms with Crippen molar-refractivity contribution in [2.45, 2.75) is 6.42 Å². The van der Waals surface area contributed by atoms with Crippen LogP contribution in [0.15, 0.2) is 42.0 Å². The van der Waals surface area contributed by atoms with Crippen molar-refractivity contribution in [1.82, 2.24) is 20.6 Å². The van der Waals surface area contributed by atoms with Crippen molar-refractivity contribution in [2.24, 2.45) is 0 Å². The van der Waals surface area contributed by atoms with Gasteiger partial charge in [0, 0.05) is 23.7 Å². The molecule has 140 valence electrons. The third kappa shape index (κ3) is 5.09. The number of carbonyl (C=O) groups is 2. The van der Waals surface area contributed by atoms with Crippen LogP contribution in [-0.2, 0) is 11.2 Å². The fraction of sp³-hybridized carbons (Fsp3) is 0.167. The number of rotatable bonds is 7. The van der Waals surface area contributed by atoms with E-state index in [4.69, 9.17) is 23.2 Å². The van der Waals surface area contributed by atoms with Crippen molar-refractivity contribution in [3.05, 3.63) is 63.3 Å². The van der Waals surface area contributed by atoms with Crippen molar-refractivity contribution < 1.29 is 9.59 Å². The van der Waals surface area contributed by atoms with Crippen LogP contribution in [0.5, 0.6) is 0 Å². The normalized spacial score (nSPS) is 10.6. The smallest absolute Gasteiger partial charge is 0.253 e. The van der Waals surface area contributed by atoms with Crippen LogP contribution in [0, 0.1) is 0 Å². The van der Waals surface area contributed by atoms with Gasteiger partial charge in [0.25, 0.3) is 5.91 Å². The molecule has 2 aromatic heterocycles. The van der Waals surface area contributed by atoms with Gasteiger partial charge in [-0.15, -0.1) is 11.3 Å². The minimum atomic E-state index is -0.430. The van der Waals surface area contributed by atoms with Gasteiger partial charge in [-0.25, -0.2) is 4.98 Å². The number of thiophene rings is 1. The zero-order valence-electron chi connectivity index (χ0n) is 14.1. The summed E-state index contributed by atoms with van der Waals surface area (Å²) >= 11 is 13.4. The zero-order valence-corrected chi connectivity index (χ0v) is 16.4. The van der Waals surface area contributed by atoms with Crippen LogP contribution in [0.4, 0.5) is 0 Å². The number of imidazole rings is 1. The van der Waals surface area contributed by atoms with Crippen LogP contribution in [0.2, 0.25) is 10.0 Å². The van der Waals surface area contributed by atoms with Crippen LogP contribution in [-0.4, -0.2) is 34.9 Å². The lowest BCUT2D eigenvalue weighted by molar-refractivity contribution is -0.120. The molecule has 6 nitrogen and oxygen atoms in total. The molecule has 0 fully saturated rings. The molecule has 3 N–H and O–H groups in total. The summed E-state index contributed by atoms with van der Waals surface area (Å²) in [6, 6.07) is 8.53. The van der Waals surface area contributed by atoms with Crippen molar-refractivity contribution >= 4 is 46.4 Å². The Balaban J connectivity index is 1.45. The predicted octanol–water partition coefficient (Wildman–Crippen LogP) is 3.53. The van der Waals surface area contributed by atoms with E-state index in [1.165, 1.54) is 12.1 Å². The van der Waals surface area contributed by atoms with Gasteiger partial charge in [-0.3, -0.25) is 9.59 Å². The number of aromatic nitrogens is 2. The molecular weight excluding hydrogens is 407 g/mol. The highest BCUT2D eigenvalue weighted by atomic mass is 35.5. The number of aromatic amines is 1. The molecule has 9 heteroatoms. The SMILES string of the molecule is O=C(CNC(=O)c1ccc(Cl)cc1Cl)NCCc1[nH]cnc1-c1cccs1. The Bertz CT molecular complexity index is 941. The first-order valence-corrected chi connectivity index (χ1v) is 9.74. The lowest BCUT2D eigenvalue weighted by atomic mass is 10.2. The molecule has 1 aromatic carbocycles. The molecule has 0 spiro atoms. The van der Waals surface area contributed by atoms with E-state index < -0.39 is 5.91 Å². The molecule has 3 rings (SSSR count). The third-order valence-corrected chi connectivity index (χ3v) is 5.18. The molecule has 0 bridgehead atoms. The summed E-state index contributed by atoms with van der Waals surface area (Å²) in [7, 11) is 0. The monoisotopic (exact) mass is 422 g/mol. The lowest BCUT2D eigenvalue weighted by Crippen LogP contribution is -2.37. The first kappa shape index (κ1) is 19.4. The molecule has 2 heterocycles. The minimum Gasteiger partial charge on any atom is -0.354 e. The molecule has 0 atom stereocenters. The standard InChI is InChI=1S/C18H16Cl2N4O2S/c19-11-3-4-12(13(20)8-11)18(26)22-9-16(25)21-6-5-14-17(24-10-23-14)15-2-1-7-27-15/h1-4,7-8,10H,5-6,9H2,(H,21,25)(H,22,26)(H,23,24). The van der Waals surface area contributed by atoms with E-state index in [0.29, 0.717) is 18.0 Å². The van der Waals surface area contributed by atoms with Gasteiger partial charge in [0.2, 0.25) is 5.91 Å². The Hall–Kier alpha value is -2.35. The summed E-state index contributed by atoms with van der Waals surface area (Å²) in [5.74, 6) is -0.717. The van der Waals surface area contributed by atoms with Gasteiger partial charge in [-0.05, 0) is 29.6 Å². The van der Waals surface area contributed by atoms with Crippen molar-refractivity contribution in [2.75, 3.05) is 13.1 Å². The van der Waals surface area contributed by atoms with Gasteiger partial charge >= 0.3 is 0 Å². The van der Waals surface area contributed by atoms with Crippen molar-refractivity contribution in [3.8, 4) is 10.6 Å². The van der Waals surface area contributed by atoms with Crippen LogP contribution in [0.1, 0.15) is 16.1 Å². The maximum absolute atomic E-state index is 12.1. The highest BCUT2D eigenvalue weighted by molar-refractivity contribution is 7.13. The number of H-pyrrole nitrogens is 1. The predicted molar refractivity (Wildman–Crippen MR) is 107 cm³/mol. The summed E-state index contributed by atoms with van der Waals surface area (Å²) in [5, 5.41) is 7.98. The molecule has 27 heavy (non-hydrogen) atoms. The summed E-state index contributed by atoms with van der Waals surface area (Å²) in [5.41, 5.74) is 2.12. The summed E-state index contributed by atoms with van der Waals surface area (Å²) in [4.78, 5) is 32.5. The largest absolute Gasteiger partial charge is 0.354 e. The van der Waals surface area contributed by atoms with E-state index in [9.17, 15) is 9.59 Å². The fourth-order valence-electron chi connectivity index (χ4n) is 2.46. The van der Waals surface area contributed by atoms with Crippen LogP contribution in [0.3, 0.4) is 0 Å². The van der Waals surface area contributed by atoms with E-state index in [0.717, 1.165) is 16.3 Å². The summed E-state index contributed by atoms with van der Waals surface area (Å²) < 4.78 is 0. The minimum absolute atomic E-state index is 0.140. The number of hydrogen-bond donors (Lipinski definition) is 3. The topological polar surface area (TPSA) is 86.9 Å². The average molecular weight is 423 g/mol. The Morgan fingerprint density at radius 3 is 2.78 bits per heavy atom. The van der Waals surface area contributed by atoms with Crippen LogP contribution in [0.25, 0.3) is 10.6 Å². The molecule has 0 aliphatic heterocycles. The van der Waals surface area contributed by atoms with Gasteiger partial charge in [0.05, 0.1) is 28.3 Å². The molecule has 0 unspecified atom stereocenters. The lowest BCUT2D eigenvalue weighted by Gasteiger charge is -2.08. The third-order valence-electron chi connectivity index (χ3n) is 3.76. The Labute approximate surface area is 169 Å². The number of halogens is 2. The highest BCUT2D eigenvalue weighted by Crippen LogP contribution is 2.25. The second-order valence-electron chi connectivity index (χ2n) is 5.61. The van der Waals surface area contributed by atoms with E-state index in [2.05, 4.69) is 20.6 Å². The van der Waals surface area contributed by atoms with Gasteiger partial charge in [0.15, 0.2) is 0 Å². The Morgan fingerprint density at radius 2 is 2.04 bits per heavy atom. The molecule has 0 aliphatic carbocycles. The summed E-state index contributed by atoms with van der Waals surface area (Å²) in [6.45, 7) is 0.287. The fourth-order valence-corrected chi connectivity index (χ4v) is 3.70. The zero-order chi connectivity index (χ0) is 19.2. The molecular formula is C18H16Cl2N4O2S. The van der Waals surface area contributed by atoms with E-state index in [-0.39, 0.29) is 23.0 Å². The van der Waals surface area contributed by atoms with Crippen LogP contribution < -0.4 is 10.6 Å². The average Bonchev–Trinajstić information content (AvgIpc) is 3.31. The van der Waals surface area contributed by atoms with Crippen molar-refractivity contribution in [3.63, 3.8) is 0 Å². The second-order valence-corrected chi connectivity index (χ2v) is 7.41. The number of benzene rings is 1. The molecule has 3 aromatic rings.